The predicted octanol–water partition coefficient (Wildman–Crippen LogP) is 4.07. The number of carbonyl (C=O) groups excluding carboxylic acids is 1. The minimum Gasteiger partial charge on any atom is -0.398 e. The van der Waals surface area contributed by atoms with E-state index in [0.717, 1.165) is 35.3 Å². The second kappa shape index (κ2) is 5.99. The SMILES string of the molecule is CC1CCN(C(=O)c2ccc(N)c(Br)c2)C2CCCCC12. The Hall–Kier alpha value is -1.03. The van der Waals surface area contributed by atoms with Gasteiger partial charge in [0.05, 0.1) is 0 Å². The normalized spacial score (nSPS) is 29.0. The molecule has 1 saturated carbocycles. The minimum absolute atomic E-state index is 0.166. The number of piperidine rings is 1. The van der Waals surface area contributed by atoms with Crippen LogP contribution in [0.1, 0.15) is 49.4 Å². The third-order valence-corrected chi connectivity index (χ3v) is 5.93. The highest BCUT2D eigenvalue weighted by Crippen LogP contribution is 2.39. The molecule has 3 nitrogen and oxygen atoms in total. The number of fused-ring (bicyclic) bond motifs is 1. The van der Waals surface area contributed by atoms with Gasteiger partial charge < -0.3 is 10.6 Å². The molecule has 3 unspecified atom stereocenters. The van der Waals surface area contributed by atoms with E-state index < -0.39 is 0 Å². The van der Waals surface area contributed by atoms with Crippen molar-refractivity contribution in [3.63, 3.8) is 0 Å². The van der Waals surface area contributed by atoms with Crippen molar-refractivity contribution in [1.82, 2.24) is 4.90 Å². The van der Waals surface area contributed by atoms with E-state index in [4.69, 9.17) is 5.73 Å². The number of rotatable bonds is 1. The first-order valence-electron chi connectivity index (χ1n) is 7.94. The Kier molecular flexibility index (Phi) is 4.25. The maximum absolute atomic E-state index is 12.9. The Labute approximate surface area is 135 Å². The van der Waals surface area contributed by atoms with Gasteiger partial charge in [-0.2, -0.15) is 0 Å². The Bertz CT molecular complexity index is 546. The van der Waals surface area contributed by atoms with E-state index in [0.29, 0.717) is 17.6 Å². The predicted molar refractivity (Wildman–Crippen MR) is 89.1 cm³/mol. The van der Waals surface area contributed by atoms with Gasteiger partial charge >= 0.3 is 0 Å². The second-order valence-electron chi connectivity index (χ2n) is 6.52. The standard InChI is InChI=1S/C17H23BrN2O/c1-11-8-9-20(16-5-3-2-4-13(11)16)17(21)12-6-7-15(19)14(18)10-12/h6-7,10-11,13,16H,2-5,8-9,19H2,1H3. The summed E-state index contributed by atoms with van der Waals surface area (Å²) in [4.78, 5) is 15.0. The fourth-order valence-electron chi connectivity index (χ4n) is 3.99. The van der Waals surface area contributed by atoms with Gasteiger partial charge in [0.25, 0.3) is 5.91 Å². The molecular formula is C17H23BrN2O. The topological polar surface area (TPSA) is 46.3 Å². The van der Waals surface area contributed by atoms with Gasteiger partial charge in [0.1, 0.15) is 0 Å². The number of nitrogens with zero attached hydrogens (tertiary/aromatic N) is 1. The first kappa shape index (κ1) is 14.9. The largest absolute Gasteiger partial charge is 0.398 e. The van der Waals surface area contributed by atoms with Crippen molar-refractivity contribution >= 4 is 27.5 Å². The average Bonchev–Trinajstić information content (AvgIpc) is 2.50. The molecule has 2 aliphatic rings. The van der Waals surface area contributed by atoms with Gasteiger partial charge in [0.15, 0.2) is 0 Å². The van der Waals surface area contributed by atoms with Crippen LogP contribution < -0.4 is 5.73 Å². The van der Waals surface area contributed by atoms with Crippen LogP contribution in [0.15, 0.2) is 22.7 Å². The summed E-state index contributed by atoms with van der Waals surface area (Å²) in [5, 5.41) is 0. The van der Waals surface area contributed by atoms with E-state index in [2.05, 4.69) is 27.8 Å². The van der Waals surface area contributed by atoms with Crippen LogP contribution in [0, 0.1) is 11.8 Å². The number of likely N-dealkylation sites (tertiary alicyclic amines) is 1. The molecule has 3 atom stereocenters. The lowest BCUT2D eigenvalue weighted by Crippen LogP contribution is -2.52. The molecule has 2 fully saturated rings. The Morgan fingerprint density at radius 1 is 1.29 bits per heavy atom. The molecule has 1 aromatic rings. The smallest absolute Gasteiger partial charge is 0.254 e. The molecule has 0 aromatic heterocycles. The zero-order valence-corrected chi connectivity index (χ0v) is 14.1. The number of anilines is 1. The van der Waals surface area contributed by atoms with Gasteiger partial charge in [-0.15, -0.1) is 0 Å². The van der Waals surface area contributed by atoms with E-state index in [1.54, 1.807) is 0 Å². The van der Waals surface area contributed by atoms with Crippen molar-refractivity contribution in [2.75, 3.05) is 12.3 Å². The van der Waals surface area contributed by atoms with Crippen LogP contribution in [0.5, 0.6) is 0 Å². The lowest BCUT2D eigenvalue weighted by Gasteiger charge is -2.47. The van der Waals surface area contributed by atoms with Crippen molar-refractivity contribution < 1.29 is 4.79 Å². The maximum Gasteiger partial charge on any atom is 0.254 e. The van der Waals surface area contributed by atoms with Crippen LogP contribution in [0.3, 0.4) is 0 Å². The number of nitrogen functional groups attached to an aromatic ring is 1. The molecule has 1 aliphatic carbocycles. The monoisotopic (exact) mass is 350 g/mol. The first-order valence-corrected chi connectivity index (χ1v) is 8.73. The first-order chi connectivity index (χ1) is 10.1. The number of hydrogen-bond donors (Lipinski definition) is 1. The maximum atomic E-state index is 12.9. The summed E-state index contributed by atoms with van der Waals surface area (Å²) in [6, 6.07) is 5.94. The van der Waals surface area contributed by atoms with E-state index in [1.807, 2.05) is 18.2 Å². The van der Waals surface area contributed by atoms with Crippen molar-refractivity contribution in [2.45, 2.75) is 45.1 Å². The number of benzene rings is 1. The number of nitrogens with two attached hydrogens (primary N) is 1. The highest BCUT2D eigenvalue weighted by Gasteiger charge is 2.39. The highest BCUT2D eigenvalue weighted by atomic mass is 79.9. The zero-order chi connectivity index (χ0) is 15.0. The fourth-order valence-corrected chi connectivity index (χ4v) is 4.37. The molecule has 21 heavy (non-hydrogen) atoms. The Morgan fingerprint density at radius 3 is 2.81 bits per heavy atom. The van der Waals surface area contributed by atoms with Crippen LogP contribution >= 0.6 is 15.9 Å². The number of carbonyl (C=O) groups is 1. The highest BCUT2D eigenvalue weighted by molar-refractivity contribution is 9.10. The summed E-state index contributed by atoms with van der Waals surface area (Å²) in [6.45, 7) is 3.24. The van der Waals surface area contributed by atoms with E-state index in [1.165, 1.54) is 19.3 Å². The minimum atomic E-state index is 0.166. The van der Waals surface area contributed by atoms with Crippen molar-refractivity contribution in [1.29, 1.82) is 0 Å². The molecule has 1 aliphatic heterocycles. The number of amides is 1. The molecule has 1 heterocycles. The van der Waals surface area contributed by atoms with Gasteiger partial charge in [-0.3, -0.25) is 4.79 Å². The van der Waals surface area contributed by atoms with Crippen LogP contribution in [0.4, 0.5) is 5.69 Å². The van der Waals surface area contributed by atoms with Gasteiger partial charge in [-0.25, -0.2) is 0 Å². The van der Waals surface area contributed by atoms with Gasteiger partial charge in [-0.05, 0) is 65.2 Å². The third-order valence-electron chi connectivity index (χ3n) is 5.25. The summed E-state index contributed by atoms with van der Waals surface area (Å²) in [5.41, 5.74) is 7.24. The summed E-state index contributed by atoms with van der Waals surface area (Å²) < 4.78 is 0.805. The molecule has 0 radical (unpaired) electrons. The van der Waals surface area contributed by atoms with E-state index in [-0.39, 0.29) is 5.91 Å². The molecule has 3 rings (SSSR count). The number of halogens is 1. The molecule has 1 amide bonds. The van der Waals surface area contributed by atoms with Crippen LogP contribution in [0.2, 0.25) is 0 Å². The van der Waals surface area contributed by atoms with Crippen molar-refractivity contribution in [3.8, 4) is 0 Å². The average molecular weight is 351 g/mol. The number of hydrogen-bond acceptors (Lipinski definition) is 2. The van der Waals surface area contributed by atoms with Crippen LogP contribution in [-0.2, 0) is 0 Å². The zero-order valence-electron chi connectivity index (χ0n) is 12.5. The molecule has 4 heteroatoms. The summed E-state index contributed by atoms with van der Waals surface area (Å²) in [7, 11) is 0. The summed E-state index contributed by atoms with van der Waals surface area (Å²) in [6.07, 6.45) is 6.14. The summed E-state index contributed by atoms with van der Waals surface area (Å²) >= 11 is 3.42. The van der Waals surface area contributed by atoms with E-state index in [9.17, 15) is 4.79 Å². The molecule has 114 valence electrons. The van der Waals surface area contributed by atoms with Crippen LogP contribution in [-0.4, -0.2) is 23.4 Å². The fraction of sp³-hybridized carbons (Fsp3) is 0.588. The molecule has 0 spiro atoms. The van der Waals surface area contributed by atoms with Gasteiger partial charge in [0.2, 0.25) is 0 Å². The van der Waals surface area contributed by atoms with Crippen LogP contribution in [0.25, 0.3) is 0 Å². The third kappa shape index (κ3) is 2.83. The lowest BCUT2D eigenvalue weighted by molar-refractivity contribution is 0.0217. The van der Waals surface area contributed by atoms with Gasteiger partial charge in [0, 0.05) is 28.3 Å². The molecule has 0 bridgehead atoms. The van der Waals surface area contributed by atoms with Crippen molar-refractivity contribution in [2.24, 2.45) is 11.8 Å². The molecule has 1 saturated heterocycles. The Morgan fingerprint density at radius 2 is 2.05 bits per heavy atom. The summed E-state index contributed by atoms with van der Waals surface area (Å²) in [5.74, 6) is 1.60. The van der Waals surface area contributed by atoms with E-state index >= 15 is 0 Å². The van der Waals surface area contributed by atoms with Gasteiger partial charge in [-0.1, -0.05) is 19.8 Å². The molecular weight excluding hydrogens is 328 g/mol. The lowest BCUT2D eigenvalue weighted by atomic mass is 9.72. The second-order valence-corrected chi connectivity index (χ2v) is 7.37. The molecule has 1 aromatic carbocycles. The van der Waals surface area contributed by atoms with Crippen molar-refractivity contribution in [3.05, 3.63) is 28.2 Å². The molecule has 2 N–H and O–H groups in total. The quantitative estimate of drug-likeness (QED) is 0.775. The Balaban J connectivity index is 1.84.